The Balaban J connectivity index is 1.83. The zero-order valence-corrected chi connectivity index (χ0v) is 14.8. The van der Waals surface area contributed by atoms with E-state index in [1.165, 1.54) is 12.1 Å². The minimum Gasteiger partial charge on any atom is -0.480 e. The Labute approximate surface area is 159 Å². The third kappa shape index (κ3) is 4.51. The highest BCUT2D eigenvalue weighted by atomic mass is 19.4. The summed E-state index contributed by atoms with van der Waals surface area (Å²) in [5, 5.41) is 9.17. The summed E-state index contributed by atoms with van der Waals surface area (Å²) in [5.74, 6) is -1.75. The van der Waals surface area contributed by atoms with Gasteiger partial charge in [0.2, 0.25) is 0 Å². The fraction of sp³-hybridized carbons (Fsp3) is 0.300. The number of amides is 1. The number of carboxylic acid groups (broad SMARTS) is 1. The Hall–Kier alpha value is -2.87. The number of hydrogen-bond acceptors (Lipinski definition) is 3. The quantitative estimate of drug-likeness (QED) is 0.845. The number of rotatable bonds is 5. The second kappa shape index (κ2) is 8.02. The molecule has 0 aromatic heterocycles. The number of carboxylic acids is 1. The summed E-state index contributed by atoms with van der Waals surface area (Å²) in [6.07, 6.45) is -4.74. The topological polar surface area (TPSA) is 66.8 Å². The summed E-state index contributed by atoms with van der Waals surface area (Å²) in [7, 11) is 0. The van der Waals surface area contributed by atoms with E-state index in [0.29, 0.717) is 24.2 Å². The summed E-state index contributed by atoms with van der Waals surface area (Å²) >= 11 is 0. The van der Waals surface area contributed by atoms with Gasteiger partial charge in [0.1, 0.15) is 6.54 Å². The first-order valence-electron chi connectivity index (χ1n) is 8.62. The fourth-order valence-electron chi connectivity index (χ4n) is 3.16. The number of hydrogen-bond donors (Lipinski definition) is 1. The maximum absolute atomic E-state index is 13.0. The molecule has 0 radical (unpaired) electrons. The molecular weight excluding hydrogens is 375 g/mol. The van der Waals surface area contributed by atoms with Crippen molar-refractivity contribution in [3.05, 3.63) is 70.8 Å². The molecule has 5 nitrogen and oxygen atoms in total. The van der Waals surface area contributed by atoms with Crippen LogP contribution in [-0.2, 0) is 33.5 Å². The summed E-state index contributed by atoms with van der Waals surface area (Å²) in [6.45, 7) is -0.387. The summed E-state index contributed by atoms with van der Waals surface area (Å²) in [5.41, 5.74) is 1.22. The molecule has 28 heavy (non-hydrogen) atoms. The van der Waals surface area contributed by atoms with Crippen molar-refractivity contribution in [1.82, 2.24) is 4.90 Å². The Morgan fingerprint density at radius 3 is 2.43 bits per heavy atom. The molecule has 1 atom stereocenters. The highest BCUT2D eigenvalue weighted by Gasteiger charge is 2.33. The van der Waals surface area contributed by atoms with Crippen LogP contribution in [0.4, 0.5) is 13.2 Å². The minimum absolute atomic E-state index is 0.134. The van der Waals surface area contributed by atoms with Crippen LogP contribution < -0.4 is 0 Å². The van der Waals surface area contributed by atoms with Crippen molar-refractivity contribution in [3.8, 4) is 0 Å². The standard InChI is InChI=1S/C20H18F3NO4/c21-20(22,23)15-7-5-13(6-8-15)11-24(12-17(25)26)19(27)18-16-4-2-1-3-14(16)9-10-28-18/h1-8,18H,9-12H2,(H,25,26). The molecule has 3 rings (SSSR count). The molecule has 0 saturated heterocycles. The van der Waals surface area contributed by atoms with Gasteiger partial charge >= 0.3 is 12.1 Å². The molecule has 1 N–H and O–H groups in total. The Bertz CT molecular complexity index is 864. The third-order valence-electron chi connectivity index (χ3n) is 4.51. The lowest BCUT2D eigenvalue weighted by molar-refractivity contribution is -0.152. The lowest BCUT2D eigenvalue weighted by atomic mass is 9.96. The van der Waals surface area contributed by atoms with Crippen LogP contribution in [0.1, 0.15) is 28.4 Å². The van der Waals surface area contributed by atoms with Crippen LogP contribution in [0.5, 0.6) is 0 Å². The first-order valence-corrected chi connectivity index (χ1v) is 8.62. The smallest absolute Gasteiger partial charge is 0.416 e. The van der Waals surface area contributed by atoms with Gasteiger partial charge in [0.15, 0.2) is 6.10 Å². The minimum atomic E-state index is -4.46. The number of carbonyl (C=O) groups is 2. The summed E-state index contributed by atoms with van der Waals surface area (Å²) in [4.78, 5) is 25.3. The van der Waals surface area contributed by atoms with E-state index in [-0.39, 0.29) is 6.54 Å². The highest BCUT2D eigenvalue weighted by molar-refractivity contribution is 5.86. The van der Waals surface area contributed by atoms with Crippen LogP contribution in [0.3, 0.4) is 0 Å². The van der Waals surface area contributed by atoms with Crippen molar-refractivity contribution < 1.29 is 32.6 Å². The molecule has 1 aliphatic heterocycles. The zero-order chi connectivity index (χ0) is 20.3. The molecule has 1 aliphatic rings. The zero-order valence-electron chi connectivity index (χ0n) is 14.8. The SMILES string of the molecule is O=C(O)CN(Cc1ccc(C(F)(F)F)cc1)C(=O)C1OCCc2ccccc21. The number of halogens is 3. The van der Waals surface area contributed by atoms with Gasteiger partial charge in [-0.15, -0.1) is 0 Å². The van der Waals surface area contributed by atoms with Gasteiger partial charge in [-0.05, 0) is 35.2 Å². The maximum atomic E-state index is 13.0. The molecule has 0 saturated carbocycles. The van der Waals surface area contributed by atoms with Gasteiger partial charge < -0.3 is 14.7 Å². The van der Waals surface area contributed by atoms with Crippen LogP contribution in [0.15, 0.2) is 48.5 Å². The molecule has 0 fully saturated rings. The molecule has 2 aromatic carbocycles. The fourth-order valence-corrected chi connectivity index (χ4v) is 3.16. The van der Waals surface area contributed by atoms with Gasteiger partial charge in [0, 0.05) is 6.54 Å². The molecule has 8 heteroatoms. The normalized spacial score (nSPS) is 16.3. The molecule has 0 aliphatic carbocycles. The number of aliphatic carboxylic acids is 1. The van der Waals surface area contributed by atoms with E-state index < -0.39 is 36.3 Å². The predicted molar refractivity (Wildman–Crippen MR) is 93.3 cm³/mol. The van der Waals surface area contributed by atoms with E-state index in [9.17, 15) is 27.9 Å². The van der Waals surface area contributed by atoms with Gasteiger partial charge in [-0.2, -0.15) is 13.2 Å². The van der Waals surface area contributed by atoms with Gasteiger partial charge in [0.05, 0.1) is 12.2 Å². The number of nitrogens with zero attached hydrogens (tertiary/aromatic N) is 1. The van der Waals surface area contributed by atoms with Crippen molar-refractivity contribution in [2.75, 3.05) is 13.2 Å². The van der Waals surface area contributed by atoms with Gasteiger partial charge in [-0.25, -0.2) is 0 Å². The average Bonchev–Trinajstić information content (AvgIpc) is 2.66. The molecule has 1 unspecified atom stereocenters. The molecule has 0 bridgehead atoms. The molecule has 148 valence electrons. The number of ether oxygens (including phenoxy) is 1. The number of carbonyl (C=O) groups excluding carboxylic acids is 1. The summed E-state index contributed by atoms with van der Waals surface area (Å²) < 4.78 is 43.7. The predicted octanol–water partition coefficient (Wildman–Crippen LogP) is 3.43. The second-order valence-electron chi connectivity index (χ2n) is 6.48. The van der Waals surface area contributed by atoms with Crippen molar-refractivity contribution >= 4 is 11.9 Å². The van der Waals surface area contributed by atoms with Crippen LogP contribution >= 0.6 is 0 Å². The van der Waals surface area contributed by atoms with Crippen molar-refractivity contribution in [3.63, 3.8) is 0 Å². The third-order valence-corrected chi connectivity index (χ3v) is 4.51. The molecule has 1 amide bonds. The average molecular weight is 393 g/mol. The molecular formula is C20H18F3NO4. The van der Waals surface area contributed by atoms with Crippen LogP contribution in [-0.4, -0.2) is 35.0 Å². The van der Waals surface area contributed by atoms with E-state index in [1.807, 2.05) is 12.1 Å². The van der Waals surface area contributed by atoms with Gasteiger partial charge in [-0.3, -0.25) is 9.59 Å². The van der Waals surface area contributed by atoms with E-state index >= 15 is 0 Å². The molecule has 0 spiro atoms. The van der Waals surface area contributed by atoms with E-state index in [1.54, 1.807) is 12.1 Å². The Morgan fingerprint density at radius 1 is 1.11 bits per heavy atom. The monoisotopic (exact) mass is 393 g/mol. The first-order chi connectivity index (χ1) is 13.3. The lowest BCUT2D eigenvalue weighted by Gasteiger charge is -2.30. The van der Waals surface area contributed by atoms with Crippen LogP contribution in [0.2, 0.25) is 0 Å². The first kappa shape index (κ1) is 19.9. The van der Waals surface area contributed by atoms with Crippen LogP contribution in [0.25, 0.3) is 0 Å². The highest BCUT2D eigenvalue weighted by Crippen LogP contribution is 2.31. The lowest BCUT2D eigenvalue weighted by Crippen LogP contribution is -2.40. The van der Waals surface area contributed by atoms with E-state index in [0.717, 1.165) is 22.6 Å². The van der Waals surface area contributed by atoms with Crippen molar-refractivity contribution in [1.29, 1.82) is 0 Å². The number of benzene rings is 2. The molecule has 2 aromatic rings. The Kier molecular flexibility index (Phi) is 5.69. The largest absolute Gasteiger partial charge is 0.480 e. The number of fused-ring (bicyclic) bond motifs is 1. The van der Waals surface area contributed by atoms with E-state index in [4.69, 9.17) is 4.74 Å². The van der Waals surface area contributed by atoms with Crippen molar-refractivity contribution in [2.24, 2.45) is 0 Å². The van der Waals surface area contributed by atoms with Gasteiger partial charge in [-0.1, -0.05) is 36.4 Å². The second-order valence-corrected chi connectivity index (χ2v) is 6.48. The van der Waals surface area contributed by atoms with Gasteiger partial charge in [0.25, 0.3) is 5.91 Å². The summed E-state index contributed by atoms with van der Waals surface area (Å²) in [6, 6.07) is 11.6. The van der Waals surface area contributed by atoms with Crippen molar-refractivity contribution in [2.45, 2.75) is 25.2 Å². The number of alkyl halides is 3. The van der Waals surface area contributed by atoms with Crippen LogP contribution in [0, 0.1) is 0 Å². The molecule has 1 heterocycles. The maximum Gasteiger partial charge on any atom is 0.416 e. The van der Waals surface area contributed by atoms with E-state index in [2.05, 4.69) is 0 Å². The Morgan fingerprint density at radius 2 is 1.79 bits per heavy atom.